The lowest BCUT2D eigenvalue weighted by Crippen LogP contribution is -2.49. The first kappa shape index (κ1) is 15.7. The number of hydrogen-bond acceptors (Lipinski definition) is 4. The molecular weight excluding hydrogens is 280 g/mol. The summed E-state index contributed by atoms with van der Waals surface area (Å²) in [5.74, 6) is 0.236. The van der Waals surface area contributed by atoms with Gasteiger partial charge in [0.1, 0.15) is 6.10 Å². The van der Waals surface area contributed by atoms with Gasteiger partial charge < -0.3 is 9.64 Å². The largest absolute Gasteiger partial charge is 0.368 e. The van der Waals surface area contributed by atoms with Crippen LogP contribution in [0.2, 0.25) is 0 Å². The van der Waals surface area contributed by atoms with Crippen molar-refractivity contribution in [2.45, 2.75) is 51.2 Å². The van der Waals surface area contributed by atoms with Crippen LogP contribution >= 0.6 is 0 Å². The van der Waals surface area contributed by atoms with Gasteiger partial charge in [-0.25, -0.2) is 13.1 Å². The van der Waals surface area contributed by atoms with Gasteiger partial charge in [0, 0.05) is 25.7 Å². The van der Waals surface area contributed by atoms with E-state index in [1.807, 2.05) is 6.92 Å². The topological polar surface area (TPSA) is 75.7 Å². The van der Waals surface area contributed by atoms with Crippen molar-refractivity contribution in [1.29, 1.82) is 0 Å². The Morgan fingerprint density at radius 2 is 2.00 bits per heavy atom. The SMILES string of the molecule is CCCS(=O)(=O)NC1CCN(C(=O)C2CCCO2)CC1. The van der Waals surface area contributed by atoms with Gasteiger partial charge in [-0.2, -0.15) is 0 Å². The van der Waals surface area contributed by atoms with Crippen LogP contribution in [-0.4, -0.2) is 56.8 Å². The van der Waals surface area contributed by atoms with Crippen molar-refractivity contribution in [2.75, 3.05) is 25.4 Å². The standard InChI is InChI=1S/C13H24N2O4S/c1-2-10-20(17,18)14-11-5-7-15(8-6-11)13(16)12-4-3-9-19-12/h11-12,14H,2-10H2,1H3. The van der Waals surface area contributed by atoms with Crippen LogP contribution in [0, 0.1) is 0 Å². The quantitative estimate of drug-likeness (QED) is 0.802. The summed E-state index contributed by atoms with van der Waals surface area (Å²) in [6.07, 6.45) is 3.46. The summed E-state index contributed by atoms with van der Waals surface area (Å²) in [7, 11) is -3.16. The first-order valence-corrected chi connectivity index (χ1v) is 9.07. The second-order valence-corrected chi connectivity index (χ2v) is 7.41. The molecule has 2 fully saturated rings. The number of piperidine rings is 1. The maximum atomic E-state index is 12.2. The summed E-state index contributed by atoms with van der Waals surface area (Å²) < 4.78 is 31.6. The fraction of sp³-hybridized carbons (Fsp3) is 0.923. The molecule has 2 saturated heterocycles. The Bertz CT molecular complexity index is 424. The molecule has 2 aliphatic heterocycles. The third-order valence-electron chi connectivity index (χ3n) is 3.83. The molecule has 0 bridgehead atoms. The molecule has 2 aliphatic rings. The molecule has 0 saturated carbocycles. The van der Waals surface area contributed by atoms with Crippen LogP contribution in [0.1, 0.15) is 39.0 Å². The fourth-order valence-corrected chi connectivity index (χ4v) is 4.17. The molecule has 20 heavy (non-hydrogen) atoms. The molecule has 1 N–H and O–H groups in total. The molecule has 116 valence electrons. The van der Waals surface area contributed by atoms with Crippen molar-refractivity contribution >= 4 is 15.9 Å². The molecule has 0 spiro atoms. The average Bonchev–Trinajstić information content (AvgIpc) is 2.92. The van der Waals surface area contributed by atoms with Crippen LogP contribution in [0.25, 0.3) is 0 Å². The summed E-state index contributed by atoms with van der Waals surface area (Å²) in [5.41, 5.74) is 0. The predicted molar refractivity (Wildman–Crippen MR) is 75.8 cm³/mol. The van der Waals surface area contributed by atoms with E-state index in [0.717, 1.165) is 12.8 Å². The molecule has 0 aromatic heterocycles. The van der Waals surface area contributed by atoms with E-state index in [4.69, 9.17) is 4.74 Å². The Morgan fingerprint density at radius 3 is 2.55 bits per heavy atom. The highest BCUT2D eigenvalue weighted by molar-refractivity contribution is 7.89. The summed E-state index contributed by atoms with van der Waals surface area (Å²) in [6.45, 7) is 3.74. The normalized spacial score (nSPS) is 25.1. The summed E-state index contributed by atoms with van der Waals surface area (Å²) in [4.78, 5) is 14.0. The van der Waals surface area contributed by atoms with E-state index in [0.29, 0.717) is 39.0 Å². The number of amides is 1. The number of likely N-dealkylation sites (tertiary alicyclic amines) is 1. The van der Waals surface area contributed by atoms with E-state index < -0.39 is 10.0 Å². The van der Waals surface area contributed by atoms with E-state index >= 15 is 0 Å². The molecule has 0 aromatic carbocycles. The average molecular weight is 304 g/mol. The molecule has 0 aliphatic carbocycles. The number of hydrogen-bond donors (Lipinski definition) is 1. The number of carbonyl (C=O) groups excluding carboxylic acids is 1. The van der Waals surface area contributed by atoms with Crippen molar-refractivity contribution in [2.24, 2.45) is 0 Å². The van der Waals surface area contributed by atoms with Crippen molar-refractivity contribution < 1.29 is 17.9 Å². The highest BCUT2D eigenvalue weighted by Crippen LogP contribution is 2.18. The van der Waals surface area contributed by atoms with Gasteiger partial charge in [0.05, 0.1) is 5.75 Å². The first-order chi connectivity index (χ1) is 9.52. The van der Waals surface area contributed by atoms with Gasteiger partial charge in [0.2, 0.25) is 10.0 Å². The van der Waals surface area contributed by atoms with E-state index in [1.165, 1.54) is 0 Å². The predicted octanol–water partition coefficient (Wildman–Crippen LogP) is 0.486. The lowest BCUT2D eigenvalue weighted by molar-refractivity contribution is -0.142. The van der Waals surface area contributed by atoms with Crippen LogP contribution in [-0.2, 0) is 19.6 Å². The minimum atomic E-state index is -3.16. The Hall–Kier alpha value is -0.660. The maximum absolute atomic E-state index is 12.2. The van der Waals surface area contributed by atoms with Gasteiger partial charge in [-0.1, -0.05) is 6.92 Å². The van der Waals surface area contributed by atoms with Crippen molar-refractivity contribution in [3.8, 4) is 0 Å². The second-order valence-electron chi connectivity index (χ2n) is 5.54. The molecule has 7 heteroatoms. The number of carbonyl (C=O) groups is 1. The highest BCUT2D eigenvalue weighted by atomic mass is 32.2. The van der Waals surface area contributed by atoms with Gasteiger partial charge in [0.25, 0.3) is 5.91 Å². The van der Waals surface area contributed by atoms with E-state index in [1.54, 1.807) is 4.90 Å². The monoisotopic (exact) mass is 304 g/mol. The van der Waals surface area contributed by atoms with Crippen LogP contribution < -0.4 is 4.72 Å². The fourth-order valence-electron chi connectivity index (χ4n) is 2.78. The molecule has 2 heterocycles. The first-order valence-electron chi connectivity index (χ1n) is 7.42. The van der Waals surface area contributed by atoms with Crippen LogP contribution in [0.4, 0.5) is 0 Å². The Morgan fingerprint density at radius 1 is 1.30 bits per heavy atom. The second kappa shape index (κ2) is 6.87. The molecule has 1 unspecified atom stereocenters. The summed E-state index contributed by atoms with van der Waals surface area (Å²) in [5, 5.41) is 0. The Balaban J connectivity index is 1.78. The third kappa shape index (κ3) is 4.17. The van der Waals surface area contributed by atoms with Crippen LogP contribution in [0.3, 0.4) is 0 Å². The zero-order valence-electron chi connectivity index (χ0n) is 12.0. The summed E-state index contributed by atoms with van der Waals surface area (Å²) >= 11 is 0. The van der Waals surface area contributed by atoms with E-state index in [2.05, 4.69) is 4.72 Å². The lowest BCUT2D eigenvalue weighted by atomic mass is 10.1. The van der Waals surface area contributed by atoms with Gasteiger partial charge in [-0.15, -0.1) is 0 Å². The molecule has 2 rings (SSSR count). The zero-order chi connectivity index (χ0) is 14.6. The van der Waals surface area contributed by atoms with Crippen molar-refractivity contribution in [3.05, 3.63) is 0 Å². The lowest BCUT2D eigenvalue weighted by Gasteiger charge is -2.33. The zero-order valence-corrected chi connectivity index (χ0v) is 12.8. The summed E-state index contributed by atoms with van der Waals surface area (Å²) in [6, 6.07) is -0.0416. The van der Waals surface area contributed by atoms with Crippen LogP contribution in [0.5, 0.6) is 0 Å². The van der Waals surface area contributed by atoms with Crippen LogP contribution in [0.15, 0.2) is 0 Å². The highest BCUT2D eigenvalue weighted by Gasteiger charge is 2.31. The van der Waals surface area contributed by atoms with Gasteiger partial charge in [0.15, 0.2) is 0 Å². The van der Waals surface area contributed by atoms with Gasteiger partial charge in [-0.05, 0) is 32.1 Å². The van der Waals surface area contributed by atoms with Gasteiger partial charge >= 0.3 is 0 Å². The molecule has 1 atom stereocenters. The maximum Gasteiger partial charge on any atom is 0.251 e. The number of ether oxygens (including phenoxy) is 1. The smallest absolute Gasteiger partial charge is 0.251 e. The molecule has 0 aromatic rings. The van der Waals surface area contributed by atoms with Crippen molar-refractivity contribution in [1.82, 2.24) is 9.62 Å². The minimum absolute atomic E-state index is 0.0416. The van der Waals surface area contributed by atoms with Crippen molar-refractivity contribution in [3.63, 3.8) is 0 Å². The third-order valence-corrected chi connectivity index (χ3v) is 5.47. The van der Waals surface area contributed by atoms with E-state index in [9.17, 15) is 13.2 Å². The Kier molecular flexibility index (Phi) is 5.40. The number of sulfonamides is 1. The van der Waals surface area contributed by atoms with Gasteiger partial charge in [-0.3, -0.25) is 4.79 Å². The molecular formula is C13H24N2O4S. The Labute approximate surface area is 120 Å². The molecule has 1 amide bonds. The van der Waals surface area contributed by atoms with E-state index in [-0.39, 0.29) is 23.8 Å². The molecule has 6 nitrogen and oxygen atoms in total. The number of rotatable bonds is 5. The number of nitrogens with one attached hydrogen (secondary N) is 1. The molecule has 0 radical (unpaired) electrons. The minimum Gasteiger partial charge on any atom is -0.368 e. The number of nitrogens with zero attached hydrogens (tertiary/aromatic N) is 1.